The number of benzene rings is 1. The molecule has 1 saturated heterocycles. The van der Waals surface area contributed by atoms with Gasteiger partial charge < -0.3 is 5.32 Å². The molecule has 0 bridgehead atoms. The third-order valence-electron chi connectivity index (χ3n) is 3.56. The fraction of sp³-hybridized carbons (Fsp3) is 0.462. The van der Waals surface area contributed by atoms with Crippen LogP contribution in [0.1, 0.15) is 11.4 Å². The van der Waals surface area contributed by atoms with Crippen molar-refractivity contribution in [3.05, 3.63) is 41.7 Å². The van der Waals surface area contributed by atoms with Gasteiger partial charge in [-0.2, -0.15) is 0 Å². The molecule has 6 heteroatoms. The Hall–Kier alpha value is -1.79. The van der Waals surface area contributed by atoms with Gasteiger partial charge in [-0.25, -0.2) is 4.68 Å². The smallest absolute Gasteiger partial charge is 0.165 e. The third kappa shape index (κ3) is 2.80. The fourth-order valence-electron chi connectivity index (χ4n) is 2.15. The number of hydrogen-bond acceptors (Lipinski definition) is 5. The van der Waals surface area contributed by atoms with E-state index in [0.717, 1.165) is 32.0 Å². The van der Waals surface area contributed by atoms with Crippen LogP contribution in [0, 0.1) is 0 Å². The number of rotatable bonds is 5. The molecular weight excluding hydrogens is 240 g/mol. The molecule has 1 N–H and O–H groups in total. The second-order valence-corrected chi connectivity index (χ2v) is 4.97. The van der Waals surface area contributed by atoms with E-state index in [0.29, 0.717) is 6.04 Å². The van der Waals surface area contributed by atoms with Crippen molar-refractivity contribution in [2.45, 2.75) is 19.1 Å². The SMILES string of the molecule is CN(Cc1nnnn1Cc1ccccc1)C1CNC1. The normalized spacial score (nSPS) is 15.7. The Morgan fingerprint density at radius 1 is 1.32 bits per heavy atom. The molecule has 0 aliphatic carbocycles. The van der Waals surface area contributed by atoms with E-state index in [-0.39, 0.29) is 0 Å². The molecule has 6 nitrogen and oxygen atoms in total. The Kier molecular flexibility index (Phi) is 3.52. The molecule has 1 aliphatic heterocycles. The van der Waals surface area contributed by atoms with E-state index in [4.69, 9.17) is 0 Å². The Morgan fingerprint density at radius 2 is 2.11 bits per heavy atom. The molecule has 3 rings (SSSR count). The van der Waals surface area contributed by atoms with Crippen molar-refractivity contribution < 1.29 is 0 Å². The van der Waals surface area contributed by atoms with Crippen LogP contribution in [0.4, 0.5) is 0 Å². The number of aromatic nitrogens is 4. The molecule has 1 aromatic heterocycles. The maximum atomic E-state index is 4.13. The average molecular weight is 258 g/mol. The van der Waals surface area contributed by atoms with Crippen molar-refractivity contribution in [2.75, 3.05) is 20.1 Å². The van der Waals surface area contributed by atoms with Crippen molar-refractivity contribution in [2.24, 2.45) is 0 Å². The van der Waals surface area contributed by atoms with Gasteiger partial charge in [0.1, 0.15) is 0 Å². The highest BCUT2D eigenvalue weighted by atomic mass is 15.5. The van der Waals surface area contributed by atoms with Gasteiger partial charge in [0.2, 0.25) is 0 Å². The molecule has 1 aliphatic rings. The number of hydrogen-bond donors (Lipinski definition) is 1. The minimum absolute atomic E-state index is 0.599. The Morgan fingerprint density at radius 3 is 2.79 bits per heavy atom. The van der Waals surface area contributed by atoms with Crippen LogP contribution in [0.2, 0.25) is 0 Å². The third-order valence-corrected chi connectivity index (χ3v) is 3.56. The van der Waals surface area contributed by atoms with E-state index in [1.807, 2.05) is 22.9 Å². The highest BCUT2D eigenvalue weighted by Gasteiger charge is 2.22. The van der Waals surface area contributed by atoms with Gasteiger partial charge in [-0.15, -0.1) is 5.10 Å². The molecule has 2 heterocycles. The van der Waals surface area contributed by atoms with Gasteiger partial charge in [-0.05, 0) is 23.0 Å². The van der Waals surface area contributed by atoms with E-state index in [1.54, 1.807) is 0 Å². The quantitative estimate of drug-likeness (QED) is 0.826. The summed E-state index contributed by atoms with van der Waals surface area (Å²) < 4.78 is 1.87. The van der Waals surface area contributed by atoms with Crippen LogP contribution in [0.25, 0.3) is 0 Å². The minimum atomic E-state index is 0.599. The largest absolute Gasteiger partial charge is 0.314 e. The van der Waals surface area contributed by atoms with Crippen LogP contribution in [-0.2, 0) is 13.1 Å². The Bertz CT molecular complexity index is 519. The van der Waals surface area contributed by atoms with E-state index < -0.39 is 0 Å². The predicted octanol–water partition coefficient (Wildman–Crippen LogP) is 0.125. The molecule has 0 saturated carbocycles. The maximum absolute atomic E-state index is 4.13. The van der Waals surface area contributed by atoms with Crippen LogP contribution in [-0.4, -0.2) is 51.3 Å². The lowest BCUT2D eigenvalue weighted by Crippen LogP contribution is -2.55. The second-order valence-electron chi connectivity index (χ2n) is 4.97. The molecule has 0 unspecified atom stereocenters. The number of nitrogens with zero attached hydrogens (tertiary/aromatic N) is 5. The molecule has 2 aromatic rings. The molecule has 1 aromatic carbocycles. The first-order valence-corrected chi connectivity index (χ1v) is 6.53. The summed E-state index contributed by atoms with van der Waals surface area (Å²) in [6.07, 6.45) is 0. The summed E-state index contributed by atoms with van der Waals surface area (Å²) in [5.74, 6) is 0.915. The van der Waals surface area contributed by atoms with E-state index >= 15 is 0 Å². The van der Waals surface area contributed by atoms with Crippen molar-refractivity contribution in [1.29, 1.82) is 0 Å². The fourth-order valence-corrected chi connectivity index (χ4v) is 2.15. The lowest BCUT2D eigenvalue weighted by atomic mass is 10.1. The summed E-state index contributed by atoms with van der Waals surface area (Å²) in [5.41, 5.74) is 1.21. The van der Waals surface area contributed by atoms with E-state index in [9.17, 15) is 0 Å². The molecule has 0 amide bonds. The number of likely N-dealkylation sites (N-methyl/N-ethyl adjacent to an activating group) is 1. The summed E-state index contributed by atoms with van der Waals surface area (Å²) >= 11 is 0. The molecular formula is C13H18N6. The highest BCUT2D eigenvalue weighted by Crippen LogP contribution is 2.08. The Balaban J connectivity index is 1.68. The number of tetrazole rings is 1. The van der Waals surface area contributed by atoms with Gasteiger partial charge in [0.05, 0.1) is 13.1 Å². The summed E-state index contributed by atoms with van der Waals surface area (Å²) in [4.78, 5) is 2.30. The van der Waals surface area contributed by atoms with Crippen LogP contribution in [0.15, 0.2) is 30.3 Å². The van der Waals surface area contributed by atoms with Gasteiger partial charge in [0.25, 0.3) is 0 Å². The summed E-state index contributed by atoms with van der Waals surface area (Å²) in [7, 11) is 2.12. The van der Waals surface area contributed by atoms with Crippen molar-refractivity contribution in [3.8, 4) is 0 Å². The van der Waals surface area contributed by atoms with Gasteiger partial charge in [-0.1, -0.05) is 30.3 Å². The standard InChI is InChI=1S/C13H18N6/c1-18(12-7-14-8-12)10-13-15-16-17-19(13)9-11-5-3-2-4-6-11/h2-6,12,14H,7-10H2,1H3. The average Bonchev–Trinajstić information content (AvgIpc) is 2.75. The molecule has 0 spiro atoms. The minimum Gasteiger partial charge on any atom is -0.314 e. The Labute approximate surface area is 112 Å². The second kappa shape index (κ2) is 5.46. The highest BCUT2D eigenvalue weighted by molar-refractivity contribution is 5.14. The van der Waals surface area contributed by atoms with Crippen molar-refractivity contribution in [3.63, 3.8) is 0 Å². The lowest BCUT2D eigenvalue weighted by Gasteiger charge is -2.35. The molecule has 0 atom stereocenters. The van der Waals surface area contributed by atoms with Crippen LogP contribution >= 0.6 is 0 Å². The molecule has 19 heavy (non-hydrogen) atoms. The summed E-state index contributed by atoms with van der Waals surface area (Å²) in [6.45, 7) is 3.61. The molecule has 0 radical (unpaired) electrons. The number of nitrogens with one attached hydrogen (secondary N) is 1. The molecule has 100 valence electrons. The summed E-state index contributed by atoms with van der Waals surface area (Å²) in [6, 6.07) is 10.9. The maximum Gasteiger partial charge on any atom is 0.165 e. The van der Waals surface area contributed by atoms with Gasteiger partial charge >= 0.3 is 0 Å². The van der Waals surface area contributed by atoms with E-state index in [2.05, 4.69) is 44.9 Å². The van der Waals surface area contributed by atoms with E-state index in [1.165, 1.54) is 5.56 Å². The molecule has 1 fully saturated rings. The first-order chi connectivity index (χ1) is 9.33. The monoisotopic (exact) mass is 258 g/mol. The lowest BCUT2D eigenvalue weighted by molar-refractivity contribution is 0.167. The van der Waals surface area contributed by atoms with Gasteiger partial charge in [0.15, 0.2) is 5.82 Å². The van der Waals surface area contributed by atoms with Gasteiger partial charge in [0, 0.05) is 19.1 Å². The topological polar surface area (TPSA) is 58.9 Å². The van der Waals surface area contributed by atoms with Crippen LogP contribution in [0.3, 0.4) is 0 Å². The van der Waals surface area contributed by atoms with Crippen molar-refractivity contribution in [1.82, 2.24) is 30.4 Å². The summed E-state index contributed by atoms with van der Waals surface area (Å²) in [5, 5.41) is 15.3. The first-order valence-electron chi connectivity index (χ1n) is 6.53. The predicted molar refractivity (Wildman–Crippen MR) is 71.5 cm³/mol. The van der Waals surface area contributed by atoms with Crippen LogP contribution in [0.5, 0.6) is 0 Å². The zero-order valence-corrected chi connectivity index (χ0v) is 11.0. The van der Waals surface area contributed by atoms with Crippen LogP contribution < -0.4 is 5.32 Å². The zero-order chi connectivity index (χ0) is 13.1. The first kappa shape index (κ1) is 12.3. The van der Waals surface area contributed by atoms with Crippen molar-refractivity contribution >= 4 is 0 Å². The van der Waals surface area contributed by atoms with Gasteiger partial charge in [-0.3, -0.25) is 4.90 Å². The zero-order valence-electron chi connectivity index (χ0n) is 11.0.